The molecule has 0 rings (SSSR count). The van der Waals surface area contributed by atoms with Gasteiger partial charge in [0.1, 0.15) is 0 Å². The van der Waals surface area contributed by atoms with Crippen LogP contribution >= 0.6 is 22.9 Å². The van der Waals surface area contributed by atoms with Crippen molar-refractivity contribution in [2.75, 3.05) is 0 Å². The SMILES string of the molecule is CC(C)(C)CC(=O)NI. The van der Waals surface area contributed by atoms with Gasteiger partial charge < -0.3 is 0 Å². The molecule has 0 bridgehead atoms. The molecule has 0 aromatic heterocycles. The lowest BCUT2D eigenvalue weighted by Gasteiger charge is -2.15. The summed E-state index contributed by atoms with van der Waals surface area (Å²) in [5.74, 6) is 0.100. The highest BCUT2D eigenvalue weighted by Crippen LogP contribution is 2.17. The maximum atomic E-state index is 10.7. The smallest absolute Gasteiger partial charge is 0.229 e. The second kappa shape index (κ2) is 3.39. The molecule has 0 aliphatic carbocycles. The van der Waals surface area contributed by atoms with Crippen LogP contribution in [-0.4, -0.2) is 5.91 Å². The Kier molecular flexibility index (Phi) is 3.46. The first-order chi connectivity index (χ1) is 3.95. The Morgan fingerprint density at radius 1 is 1.56 bits per heavy atom. The summed E-state index contributed by atoms with van der Waals surface area (Å²) in [5, 5.41) is 0. The molecule has 1 amide bonds. The van der Waals surface area contributed by atoms with Crippen molar-refractivity contribution in [3.63, 3.8) is 0 Å². The Morgan fingerprint density at radius 2 is 2.00 bits per heavy atom. The molecule has 0 aliphatic rings. The van der Waals surface area contributed by atoms with Crippen LogP contribution < -0.4 is 3.53 Å². The Labute approximate surface area is 69.9 Å². The van der Waals surface area contributed by atoms with E-state index >= 15 is 0 Å². The zero-order valence-corrected chi connectivity index (χ0v) is 8.15. The molecular formula is C6H12INO. The minimum Gasteiger partial charge on any atom is -0.299 e. The van der Waals surface area contributed by atoms with Gasteiger partial charge in [0.15, 0.2) is 0 Å². The third-order valence-corrected chi connectivity index (χ3v) is 1.40. The fourth-order valence-electron chi connectivity index (χ4n) is 0.515. The summed E-state index contributed by atoms with van der Waals surface area (Å²) in [6.07, 6.45) is 0.593. The standard InChI is InChI=1S/C6H12INO/c1-6(2,3)4-5(9)8-7/h4H2,1-3H3,(H,8,9). The quantitative estimate of drug-likeness (QED) is 0.551. The molecule has 0 aromatic rings. The third-order valence-electron chi connectivity index (χ3n) is 0.796. The van der Waals surface area contributed by atoms with Crippen LogP contribution in [0.5, 0.6) is 0 Å². The van der Waals surface area contributed by atoms with E-state index in [0.717, 1.165) is 0 Å². The molecule has 0 spiro atoms. The summed E-state index contributed by atoms with van der Waals surface area (Å²) in [5.41, 5.74) is 0.106. The van der Waals surface area contributed by atoms with E-state index in [-0.39, 0.29) is 11.3 Å². The van der Waals surface area contributed by atoms with Gasteiger partial charge in [0.2, 0.25) is 5.91 Å². The molecule has 0 saturated heterocycles. The second-order valence-electron chi connectivity index (χ2n) is 3.26. The van der Waals surface area contributed by atoms with Gasteiger partial charge in [0, 0.05) is 6.42 Å². The average molecular weight is 241 g/mol. The van der Waals surface area contributed by atoms with Crippen molar-refractivity contribution in [1.29, 1.82) is 0 Å². The summed E-state index contributed by atoms with van der Waals surface area (Å²) in [6.45, 7) is 6.12. The van der Waals surface area contributed by atoms with Crippen molar-refractivity contribution < 1.29 is 4.79 Å². The first-order valence-electron chi connectivity index (χ1n) is 2.85. The molecule has 54 valence electrons. The van der Waals surface area contributed by atoms with E-state index in [1.165, 1.54) is 0 Å². The van der Waals surface area contributed by atoms with E-state index in [0.29, 0.717) is 6.42 Å². The number of hydrogen-bond donors (Lipinski definition) is 1. The molecule has 9 heavy (non-hydrogen) atoms. The van der Waals surface area contributed by atoms with E-state index in [4.69, 9.17) is 0 Å². The third kappa shape index (κ3) is 6.08. The van der Waals surface area contributed by atoms with Crippen LogP contribution in [0.3, 0.4) is 0 Å². The molecule has 2 nitrogen and oxygen atoms in total. The monoisotopic (exact) mass is 241 g/mol. The van der Waals surface area contributed by atoms with Gasteiger partial charge in [-0.2, -0.15) is 0 Å². The van der Waals surface area contributed by atoms with Gasteiger partial charge >= 0.3 is 0 Å². The summed E-state index contributed by atoms with van der Waals surface area (Å²) in [7, 11) is 0. The highest BCUT2D eigenvalue weighted by atomic mass is 127. The fourth-order valence-corrected chi connectivity index (χ4v) is 0.706. The van der Waals surface area contributed by atoms with Crippen molar-refractivity contribution in [1.82, 2.24) is 3.53 Å². The van der Waals surface area contributed by atoms with Crippen LogP contribution in [-0.2, 0) is 4.79 Å². The van der Waals surface area contributed by atoms with Gasteiger partial charge in [-0.15, -0.1) is 0 Å². The number of hydrogen-bond acceptors (Lipinski definition) is 1. The number of amides is 1. The summed E-state index contributed by atoms with van der Waals surface area (Å²) < 4.78 is 2.55. The zero-order chi connectivity index (χ0) is 7.49. The number of rotatable bonds is 1. The lowest BCUT2D eigenvalue weighted by Crippen LogP contribution is -2.19. The maximum absolute atomic E-state index is 10.7. The molecular weight excluding hydrogens is 229 g/mol. The second-order valence-corrected chi connectivity index (χ2v) is 3.79. The highest BCUT2D eigenvalue weighted by molar-refractivity contribution is 14.1. The van der Waals surface area contributed by atoms with Crippen molar-refractivity contribution in [2.24, 2.45) is 5.41 Å². The van der Waals surface area contributed by atoms with Crippen molar-refractivity contribution in [2.45, 2.75) is 27.2 Å². The number of carbonyl (C=O) groups excluding carboxylic acids is 1. The minimum atomic E-state index is 0.100. The Balaban J connectivity index is 3.60. The van der Waals surface area contributed by atoms with Crippen LogP contribution in [0.25, 0.3) is 0 Å². The summed E-state index contributed by atoms with van der Waals surface area (Å²) in [6, 6.07) is 0. The molecule has 3 heteroatoms. The zero-order valence-electron chi connectivity index (χ0n) is 5.99. The molecule has 0 heterocycles. The topological polar surface area (TPSA) is 29.1 Å². The van der Waals surface area contributed by atoms with Gasteiger partial charge in [-0.3, -0.25) is 8.32 Å². The lowest BCUT2D eigenvalue weighted by atomic mass is 9.92. The van der Waals surface area contributed by atoms with Gasteiger partial charge in [-0.25, -0.2) is 0 Å². The average Bonchev–Trinajstić information content (AvgIpc) is 1.62. The van der Waals surface area contributed by atoms with E-state index < -0.39 is 0 Å². The molecule has 0 aromatic carbocycles. The number of carbonyl (C=O) groups is 1. The van der Waals surface area contributed by atoms with Gasteiger partial charge in [-0.05, 0) is 5.41 Å². The van der Waals surface area contributed by atoms with Crippen molar-refractivity contribution >= 4 is 28.8 Å². The normalized spacial score (nSPS) is 11.1. The molecule has 0 radical (unpaired) electrons. The van der Waals surface area contributed by atoms with Crippen molar-refractivity contribution in [3.8, 4) is 0 Å². The molecule has 0 fully saturated rings. The van der Waals surface area contributed by atoms with Gasteiger partial charge in [0.25, 0.3) is 0 Å². The van der Waals surface area contributed by atoms with Crippen LogP contribution in [0.15, 0.2) is 0 Å². The van der Waals surface area contributed by atoms with Gasteiger partial charge in [-0.1, -0.05) is 20.8 Å². The molecule has 0 unspecified atom stereocenters. The lowest BCUT2D eigenvalue weighted by molar-refractivity contribution is -0.120. The molecule has 0 aliphatic heterocycles. The number of nitrogens with one attached hydrogen (secondary N) is 1. The highest BCUT2D eigenvalue weighted by Gasteiger charge is 2.14. The van der Waals surface area contributed by atoms with Crippen LogP contribution in [0, 0.1) is 5.41 Å². The van der Waals surface area contributed by atoms with Crippen molar-refractivity contribution in [3.05, 3.63) is 0 Å². The molecule has 0 saturated carbocycles. The fraction of sp³-hybridized carbons (Fsp3) is 0.833. The first kappa shape index (κ1) is 9.20. The first-order valence-corrected chi connectivity index (χ1v) is 3.93. The van der Waals surface area contributed by atoms with Gasteiger partial charge in [0.05, 0.1) is 22.9 Å². The summed E-state index contributed by atoms with van der Waals surface area (Å²) in [4.78, 5) is 10.7. The van der Waals surface area contributed by atoms with Crippen LogP contribution in [0.4, 0.5) is 0 Å². The van der Waals surface area contributed by atoms with E-state index in [1.54, 1.807) is 0 Å². The summed E-state index contributed by atoms with van der Waals surface area (Å²) >= 11 is 1.85. The van der Waals surface area contributed by atoms with E-state index in [1.807, 2.05) is 43.6 Å². The Morgan fingerprint density at radius 3 is 2.11 bits per heavy atom. The molecule has 0 atom stereocenters. The predicted octanol–water partition coefficient (Wildman–Crippen LogP) is 1.89. The van der Waals surface area contributed by atoms with Crippen LogP contribution in [0.2, 0.25) is 0 Å². The van der Waals surface area contributed by atoms with E-state index in [9.17, 15) is 4.79 Å². The predicted molar refractivity (Wildman–Crippen MR) is 46.2 cm³/mol. The molecule has 1 N–H and O–H groups in total. The number of halogens is 1. The Bertz CT molecular complexity index is 106. The largest absolute Gasteiger partial charge is 0.299 e. The van der Waals surface area contributed by atoms with Crippen LogP contribution in [0.1, 0.15) is 27.2 Å². The van der Waals surface area contributed by atoms with E-state index in [2.05, 4.69) is 3.53 Å². The minimum absolute atomic E-state index is 0.100. The maximum Gasteiger partial charge on any atom is 0.229 e. The Hall–Kier alpha value is 0.200.